The Bertz CT molecular complexity index is 578. The summed E-state index contributed by atoms with van der Waals surface area (Å²) in [4.78, 5) is 4.06. The summed E-state index contributed by atoms with van der Waals surface area (Å²) in [6.45, 7) is 0. The number of aryl methyl sites for hydroxylation is 1. The molecule has 2 aromatic rings. The van der Waals surface area contributed by atoms with Crippen molar-refractivity contribution >= 4 is 0 Å². The Balaban J connectivity index is 2.07. The predicted octanol–water partition coefficient (Wildman–Crippen LogP) is 2.82. The number of nitrogens with zero attached hydrogens (tertiary/aromatic N) is 2. The highest BCUT2D eigenvalue weighted by atomic mass is 19.4. The van der Waals surface area contributed by atoms with Gasteiger partial charge >= 0.3 is 6.36 Å². The van der Waals surface area contributed by atoms with Gasteiger partial charge in [-0.1, -0.05) is 12.1 Å². The Morgan fingerprint density at radius 3 is 2.43 bits per heavy atom. The van der Waals surface area contributed by atoms with Crippen LogP contribution < -0.4 is 10.1 Å². The molecule has 0 fully saturated rings. The molecule has 4 nitrogen and oxygen atoms in total. The summed E-state index contributed by atoms with van der Waals surface area (Å²) in [6.07, 6.45) is -0.547. The van der Waals surface area contributed by atoms with Crippen molar-refractivity contribution in [2.45, 2.75) is 18.8 Å². The van der Waals surface area contributed by atoms with E-state index in [9.17, 15) is 13.2 Å². The van der Waals surface area contributed by atoms with E-state index in [0.29, 0.717) is 6.42 Å². The zero-order valence-electron chi connectivity index (χ0n) is 11.7. The van der Waals surface area contributed by atoms with Gasteiger partial charge in [0, 0.05) is 13.2 Å². The summed E-state index contributed by atoms with van der Waals surface area (Å²) >= 11 is 0. The summed E-state index contributed by atoms with van der Waals surface area (Å²) in [5.74, 6) is -0.215. The van der Waals surface area contributed by atoms with Gasteiger partial charge in [-0.05, 0) is 31.2 Å². The van der Waals surface area contributed by atoms with Crippen LogP contribution in [0.2, 0.25) is 0 Å². The van der Waals surface area contributed by atoms with Crippen molar-refractivity contribution < 1.29 is 17.9 Å². The second-order valence-corrected chi connectivity index (χ2v) is 4.67. The van der Waals surface area contributed by atoms with Crippen molar-refractivity contribution in [3.8, 4) is 5.75 Å². The predicted molar refractivity (Wildman–Crippen MR) is 71.8 cm³/mol. The molecule has 1 aromatic heterocycles. The number of imidazole rings is 1. The average Bonchev–Trinajstić information content (AvgIpc) is 2.82. The Labute approximate surface area is 120 Å². The minimum Gasteiger partial charge on any atom is -0.406 e. The minimum absolute atomic E-state index is 0.0342. The summed E-state index contributed by atoms with van der Waals surface area (Å²) in [7, 11) is 3.73. The van der Waals surface area contributed by atoms with E-state index in [1.807, 2.05) is 18.7 Å². The Kier molecular flexibility index (Phi) is 4.52. The molecule has 0 aliphatic rings. The minimum atomic E-state index is -4.66. The molecule has 0 spiro atoms. The third kappa shape index (κ3) is 4.22. The summed E-state index contributed by atoms with van der Waals surface area (Å²) in [6, 6.07) is 5.92. The van der Waals surface area contributed by atoms with Gasteiger partial charge < -0.3 is 14.6 Å². The van der Waals surface area contributed by atoms with Crippen LogP contribution in [0.25, 0.3) is 0 Å². The van der Waals surface area contributed by atoms with Crippen molar-refractivity contribution in [1.29, 1.82) is 0 Å². The first-order valence-corrected chi connectivity index (χ1v) is 6.37. The monoisotopic (exact) mass is 299 g/mol. The topological polar surface area (TPSA) is 39.1 Å². The Morgan fingerprint density at radius 2 is 1.95 bits per heavy atom. The normalized spacial score (nSPS) is 13.2. The van der Waals surface area contributed by atoms with Crippen LogP contribution in [0.4, 0.5) is 13.2 Å². The lowest BCUT2D eigenvalue weighted by molar-refractivity contribution is -0.274. The van der Waals surface area contributed by atoms with Crippen LogP contribution in [0, 0.1) is 0 Å². The van der Waals surface area contributed by atoms with Gasteiger partial charge in [0.15, 0.2) is 0 Å². The maximum Gasteiger partial charge on any atom is 0.573 e. The Hall–Kier alpha value is -2.02. The molecule has 0 aliphatic carbocycles. The standard InChI is InChI=1S/C14H16F3N3O/c1-18-12(13-8-19-9-20(13)2)7-10-3-5-11(6-4-10)21-14(15,16)17/h3-6,8-9,12,18H,7H2,1-2H3. The molecule has 0 saturated heterocycles. The smallest absolute Gasteiger partial charge is 0.406 e. The van der Waals surface area contributed by atoms with E-state index in [4.69, 9.17) is 0 Å². The molecule has 2 rings (SSSR count). The third-order valence-electron chi connectivity index (χ3n) is 3.16. The highest BCUT2D eigenvalue weighted by Crippen LogP contribution is 2.24. The fraction of sp³-hybridized carbons (Fsp3) is 0.357. The molecule has 21 heavy (non-hydrogen) atoms. The van der Waals surface area contributed by atoms with Gasteiger partial charge in [0.25, 0.3) is 0 Å². The lowest BCUT2D eigenvalue weighted by atomic mass is 10.0. The maximum atomic E-state index is 12.1. The van der Waals surface area contributed by atoms with E-state index < -0.39 is 6.36 Å². The zero-order chi connectivity index (χ0) is 15.5. The van der Waals surface area contributed by atoms with Crippen LogP contribution >= 0.6 is 0 Å². The largest absolute Gasteiger partial charge is 0.573 e. The molecule has 0 radical (unpaired) electrons. The van der Waals surface area contributed by atoms with Crippen LogP contribution in [-0.4, -0.2) is 23.0 Å². The van der Waals surface area contributed by atoms with Crippen molar-refractivity contribution in [3.05, 3.63) is 48.0 Å². The number of nitrogens with one attached hydrogen (secondary N) is 1. The lowest BCUT2D eigenvalue weighted by Gasteiger charge is -2.17. The molecule has 1 heterocycles. The van der Waals surface area contributed by atoms with E-state index >= 15 is 0 Å². The lowest BCUT2D eigenvalue weighted by Crippen LogP contribution is -2.21. The molecule has 1 aromatic carbocycles. The van der Waals surface area contributed by atoms with Crippen molar-refractivity contribution in [1.82, 2.24) is 14.9 Å². The quantitative estimate of drug-likeness (QED) is 0.922. The van der Waals surface area contributed by atoms with E-state index in [0.717, 1.165) is 11.3 Å². The first-order chi connectivity index (χ1) is 9.89. The molecule has 1 atom stereocenters. The van der Waals surface area contributed by atoms with Gasteiger partial charge in [0.2, 0.25) is 0 Å². The number of benzene rings is 1. The highest BCUT2D eigenvalue weighted by Gasteiger charge is 2.30. The second-order valence-electron chi connectivity index (χ2n) is 4.67. The van der Waals surface area contributed by atoms with Crippen molar-refractivity contribution in [2.75, 3.05) is 7.05 Å². The van der Waals surface area contributed by atoms with Crippen LogP contribution in [0.3, 0.4) is 0 Å². The molecule has 114 valence electrons. The number of ether oxygens (including phenoxy) is 1. The SMILES string of the molecule is CNC(Cc1ccc(OC(F)(F)F)cc1)c1cncn1C. The third-order valence-corrected chi connectivity index (χ3v) is 3.16. The molecule has 0 saturated carbocycles. The van der Waals surface area contributed by atoms with Gasteiger partial charge in [0.05, 0.1) is 18.1 Å². The highest BCUT2D eigenvalue weighted by molar-refractivity contribution is 5.28. The molecular weight excluding hydrogens is 283 g/mol. The van der Waals surface area contributed by atoms with Crippen LogP contribution in [0.5, 0.6) is 5.75 Å². The van der Waals surface area contributed by atoms with E-state index in [1.54, 1.807) is 24.7 Å². The number of likely N-dealkylation sites (N-methyl/N-ethyl adjacent to an activating group) is 1. The van der Waals surface area contributed by atoms with Gasteiger partial charge in [0.1, 0.15) is 5.75 Å². The molecule has 0 bridgehead atoms. The average molecular weight is 299 g/mol. The molecular formula is C14H16F3N3O. The first-order valence-electron chi connectivity index (χ1n) is 6.37. The fourth-order valence-electron chi connectivity index (χ4n) is 2.12. The maximum absolute atomic E-state index is 12.1. The zero-order valence-corrected chi connectivity index (χ0v) is 11.7. The summed E-state index contributed by atoms with van der Waals surface area (Å²) < 4.78 is 42.0. The molecule has 1 unspecified atom stereocenters. The van der Waals surface area contributed by atoms with E-state index in [2.05, 4.69) is 15.0 Å². The number of aromatic nitrogens is 2. The Morgan fingerprint density at radius 1 is 1.29 bits per heavy atom. The molecule has 1 N–H and O–H groups in total. The van der Waals surface area contributed by atoms with Crippen LogP contribution in [0.1, 0.15) is 17.3 Å². The second kappa shape index (κ2) is 6.17. The van der Waals surface area contributed by atoms with Gasteiger partial charge in [-0.15, -0.1) is 13.2 Å². The number of halogens is 3. The summed E-state index contributed by atoms with van der Waals surface area (Å²) in [5.41, 5.74) is 1.91. The van der Waals surface area contributed by atoms with E-state index in [-0.39, 0.29) is 11.8 Å². The van der Waals surface area contributed by atoms with Crippen LogP contribution in [-0.2, 0) is 13.5 Å². The van der Waals surface area contributed by atoms with Crippen molar-refractivity contribution in [2.24, 2.45) is 7.05 Å². The van der Waals surface area contributed by atoms with Gasteiger partial charge in [-0.3, -0.25) is 0 Å². The number of rotatable bonds is 5. The number of hydrogen-bond donors (Lipinski definition) is 1. The molecule has 7 heteroatoms. The first kappa shape index (κ1) is 15.4. The fourth-order valence-corrected chi connectivity index (χ4v) is 2.12. The number of hydrogen-bond acceptors (Lipinski definition) is 3. The van der Waals surface area contributed by atoms with Gasteiger partial charge in [-0.25, -0.2) is 4.98 Å². The van der Waals surface area contributed by atoms with Crippen LogP contribution in [0.15, 0.2) is 36.8 Å². The molecule has 0 aliphatic heterocycles. The van der Waals surface area contributed by atoms with Gasteiger partial charge in [-0.2, -0.15) is 0 Å². The van der Waals surface area contributed by atoms with E-state index in [1.165, 1.54) is 12.1 Å². The molecule has 0 amide bonds. The summed E-state index contributed by atoms with van der Waals surface area (Å²) in [5, 5.41) is 3.17. The number of alkyl halides is 3. The van der Waals surface area contributed by atoms with Crippen molar-refractivity contribution in [3.63, 3.8) is 0 Å².